The average Bonchev–Trinajstić information content (AvgIpc) is 2.95. The van der Waals surface area contributed by atoms with Gasteiger partial charge in [0.05, 0.1) is 17.5 Å². The molecule has 2 aliphatic rings. The standard InChI is InChI=1S/C22H20N2O4/c25-20(14-24-21(26)16-10-4-5-11-17(16)22(24)27)23-18-12-6-7-13-19(18)28-15-8-2-1-3-9-15/h1-9,12-13,16-17H,10-11,14H2,(H,23,25)/t16-,17-/m0/s1. The molecule has 6 nitrogen and oxygen atoms in total. The van der Waals surface area contributed by atoms with Crippen LogP contribution in [0.5, 0.6) is 11.5 Å². The van der Waals surface area contributed by atoms with Gasteiger partial charge in [-0.05, 0) is 37.1 Å². The van der Waals surface area contributed by atoms with Crippen LogP contribution in [-0.2, 0) is 14.4 Å². The molecular weight excluding hydrogens is 356 g/mol. The van der Waals surface area contributed by atoms with E-state index in [9.17, 15) is 14.4 Å². The number of imide groups is 1. The third-order valence-corrected chi connectivity index (χ3v) is 5.03. The Labute approximate surface area is 162 Å². The molecule has 1 heterocycles. The fourth-order valence-electron chi connectivity index (χ4n) is 3.63. The quantitative estimate of drug-likeness (QED) is 0.641. The first kappa shape index (κ1) is 18.0. The summed E-state index contributed by atoms with van der Waals surface area (Å²) in [4.78, 5) is 38.6. The average molecular weight is 376 g/mol. The van der Waals surface area contributed by atoms with Crippen LogP contribution in [0.15, 0.2) is 66.7 Å². The first-order chi connectivity index (χ1) is 13.6. The van der Waals surface area contributed by atoms with Crippen molar-refractivity contribution < 1.29 is 19.1 Å². The third kappa shape index (κ3) is 3.53. The number of nitrogens with zero attached hydrogens (tertiary/aromatic N) is 1. The second-order valence-corrected chi connectivity index (χ2v) is 6.88. The molecule has 6 heteroatoms. The second kappa shape index (κ2) is 7.68. The van der Waals surface area contributed by atoms with Crippen molar-refractivity contribution in [1.29, 1.82) is 0 Å². The topological polar surface area (TPSA) is 75.7 Å². The van der Waals surface area contributed by atoms with Crippen LogP contribution in [0.4, 0.5) is 5.69 Å². The zero-order valence-electron chi connectivity index (χ0n) is 15.2. The van der Waals surface area contributed by atoms with Crippen molar-refractivity contribution in [2.75, 3.05) is 11.9 Å². The van der Waals surface area contributed by atoms with Gasteiger partial charge in [0, 0.05) is 0 Å². The number of fused-ring (bicyclic) bond motifs is 1. The van der Waals surface area contributed by atoms with Crippen molar-refractivity contribution in [3.05, 3.63) is 66.7 Å². The van der Waals surface area contributed by atoms with E-state index in [-0.39, 0.29) is 30.2 Å². The van der Waals surface area contributed by atoms with Gasteiger partial charge in [-0.25, -0.2) is 0 Å². The smallest absolute Gasteiger partial charge is 0.244 e. The number of amides is 3. The summed E-state index contributed by atoms with van der Waals surface area (Å²) in [6.07, 6.45) is 4.96. The molecule has 0 spiro atoms. The molecule has 4 rings (SSSR count). The number of hydrogen-bond acceptors (Lipinski definition) is 4. The fraction of sp³-hybridized carbons (Fsp3) is 0.227. The molecule has 3 amide bonds. The van der Waals surface area contributed by atoms with Gasteiger partial charge >= 0.3 is 0 Å². The maximum Gasteiger partial charge on any atom is 0.244 e. The Morgan fingerprint density at radius 1 is 0.929 bits per heavy atom. The maximum atomic E-state index is 12.5. The minimum Gasteiger partial charge on any atom is -0.455 e. The van der Waals surface area contributed by atoms with Crippen molar-refractivity contribution in [2.45, 2.75) is 12.8 Å². The molecule has 2 atom stereocenters. The Morgan fingerprint density at radius 2 is 1.54 bits per heavy atom. The molecule has 0 aromatic heterocycles. The highest BCUT2D eigenvalue weighted by molar-refractivity contribution is 6.09. The summed E-state index contributed by atoms with van der Waals surface area (Å²) in [6.45, 7) is -0.287. The number of allylic oxidation sites excluding steroid dienone is 2. The van der Waals surface area contributed by atoms with E-state index in [0.717, 1.165) is 4.90 Å². The Hall–Kier alpha value is -3.41. The summed E-state index contributed by atoms with van der Waals surface area (Å²) < 4.78 is 5.83. The molecule has 142 valence electrons. The third-order valence-electron chi connectivity index (χ3n) is 5.03. The zero-order chi connectivity index (χ0) is 19.5. The molecule has 1 N–H and O–H groups in total. The van der Waals surface area contributed by atoms with Crippen LogP contribution in [-0.4, -0.2) is 29.2 Å². The number of ether oxygens (including phenoxy) is 1. The Morgan fingerprint density at radius 3 is 2.21 bits per heavy atom. The zero-order valence-corrected chi connectivity index (χ0v) is 15.2. The molecule has 1 aliphatic heterocycles. The van der Waals surface area contributed by atoms with E-state index < -0.39 is 5.91 Å². The molecular formula is C22H20N2O4. The summed E-state index contributed by atoms with van der Waals surface area (Å²) in [5.41, 5.74) is 0.481. The van der Waals surface area contributed by atoms with Crippen LogP contribution < -0.4 is 10.1 Å². The summed E-state index contributed by atoms with van der Waals surface area (Å²) in [6, 6.07) is 16.3. The lowest BCUT2D eigenvalue weighted by atomic mass is 9.85. The molecule has 0 unspecified atom stereocenters. The van der Waals surface area contributed by atoms with Gasteiger partial charge in [-0.2, -0.15) is 0 Å². The SMILES string of the molecule is O=C(CN1C(=O)[C@H]2CC=CC[C@@H]2C1=O)Nc1ccccc1Oc1ccccc1. The van der Waals surface area contributed by atoms with Gasteiger partial charge < -0.3 is 10.1 Å². The van der Waals surface area contributed by atoms with Crippen molar-refractivity contribution in [1.82, 2.24) is 4.90 Å². The van der Waals surface area contributed by atoms with E-state index in [1.54, 1.807) is 24.3 Å². The first-order valence-corrected chi connectivity index (χ1v) is 9.25. The van der Waals surface area contributed by atoms with Crippen LogP contribution in [0.2, 0.25) is 0 Å². The van der Waals surface area contributed by atoms with Crippen LogP contribution >= 0.6 is 0 Å². The van der Waals surface area contributed by atoms with Gasteiger partial charge in [-0.15, -0.1) is 0 Å². The number of carbonyl (C=O) groups excluding carboxylic acids is 3. The highest BCUT2D eigenvalue weighted by Gasteiger charge is 2.47. The van der Waals surface area contributed by atoms with Crippen LogP contribution in [0.3, 0.4) is 0 Å². The Balaban J connectivity index is 1.45. The van der Waals surface area contributed by atoms with Crippen molar-refractivity contribution in [3.8, 4) is 11.5 Å². The predicted octanol–water partition coefficient (Wildman–Crippen LogP) is 3.37. The number of anilines is 1. The van der Waals surface area contributed by atoms with Gasteiger partial charge in [0.25, 0.3) is 0 Å². The lowest BCUT2D eigenvalue weighted by molar-refractivity contribution is -0.142. The normalized spacial score (nSPS) is 20.8. The summed E-state index contributed by atoms with van der Waals surface area (Å²) >= 11 is 0. The number of carbonyl (C=O) groups is 3. The minimum atomic E-state index is -0.433. The summed E-state index contributed by atoms with van der Waals surface area (Å²) in [5, 5.41) is 2.75. The molecule has 0 radical (unpaired) electrons. The van der Waals surface area contributed by atoms with E-state index in [0.29, 0.717) is 30.0 Å². The number of benzene rings is 2. The molecule has 2 aromatic carbocycles. The predicted molar refractivity (Wildman–Crippen MR) is 104 cm³/mol. The number of para-hydroxylation sites is 3. The summed E-state index contributed by atoms with van der Waals surface area (Å²) in [5.74, 6) is -0.494. The molecule has 0 saturated carbocycles. The lowest BCUT2D eigenvalue weighted by Gasteiger charge is -2.16. The van der Waals surface area contributed by atoms with Gasteiger partial charge in [-0.3, -0.25) is 19.3 Å². The van der Waals surface area contributed by atoms with Gasteiger partial charge in [0.15, 0.2) is 5.75 Å². The van der Waals surface area contributed by atoms with E-state index in [4.69, 9.17) is 4.74 Å². The van der Waals surface area contributed by atoms with Crippen molar-refractivity contribution >= 4 is 23.4 Å². The van der Waals surface area contributed by atoms with Crippen molar-refractivity contribution in [3.63, 3.8) is 0 Å². The Kier molecular flexibility index (Phi) is 4.93. The molecule has 28 heavy (non-hydrogen) atoms. The second-order valence-electron chi connectivity index (χ2n) is 6.88. The van der Waals surface area contributed by atoms with Crippen LogP contribution in [0.25, 0.3) is 0 Å². The van der Waals surface area contributed by atoms with Gasteiger partial charge in [-0.1, -0.05) is 42.5 Å². The van der Waals surface area contributed by atoms with E-state index in [2.05, 4.69) is 5.32 Å². The molecule has 1 fully saturated rings. The van der Waals surface area contributed by atoms with E-state index in [1.807, 2.05) is 42.5 Å². The van der Waals surface area contributed by atoms with Crippen molar-refractivity contribution in [2.24, 2.45) is 11.8 Å². The van der Waals surface area contributed by atoms with E-state index >= 15 is 0 Å². The minimum absolute atomic E-state index is 0.261. The molecule has 1 aliphatic carbocycles. The Bertz CT molecular complexity index is 913. The number of nitrogens with one attached hydrogen (secondary N) is 1. The van der Waals surface area contributed by atoms with E-state index in [1.165, 1.54) is 0 Å². The number of rotatable bonds is 5. The lowest BCUT2D eigenvalue weighted by Crippen LogP contribution is -2.38. The summed E-state index contributed by atoms with van der Waals surface area (Å²) in [7, 11) is 0. The van der Waals surface area contributed by atoms with Gasteiger partial charge in [0.1, 0.15) is 12.3 Å². The largest absolute Gasteiger partial charge is 0.455 e. The highest BCUT2D eigenvalue weighted by Crippen LogP contribution is 2.35. The van der Waals surface area contributed by atoms with Crippen LogP contribution in [0.1, 0.15) is 12.8 Å². The number of likely N-dealkylation sites (tertiary alicyclic amines) is 1. The number of hydrogen-bond donors (Lipinski definition) is 1. The maximum absolute atomic E-state index is 12.5. The monoisotopic (exact) mass is 376 g/mol. The molecule has 0 bridgehead atoms. The highest BCUT2D eigenvalue weighted by atomic mass is 16.5. The fourth-order valence-corrected chi connectivity index (χ4v) is 3.63. The van der Waals surface area contributed by atoms with Crippen LogP contribution in [0, 0.1) is 11.8 Å². The molecule has 1 saturated heterocycles. The van der Waals surface area contributed by atoms with Gasteiger partial charge in [0.2, 0.25) is 17.7 Å². The first-order valence-electron chi connectivity index (χ1n) is 9.25. The molecule has 2 aromatic rings.